The van der Waals surface area contributed by atoms with Gasteiger partial charge in [-0.2, -0.15) is 5.10 Å². The Morgan fingerprint density at radius 3 is 2.85 bits per heavy atom. The second kappa shape index (κ2) is 9.74. The highest BCUT2D eigenvalue weighted by atomic mass is 19.1. The summed E-state index contributed by atoms with van der Waals surface area (Å²) < 4.78 is 30.5. The molecule has 0 bridgehead atoms. The number of hydrogen-bond acceptors (Lipinski definition) is 10. The molecule has 2 aliphatic rings. The molecule has 6 heterocycles. The van der Waals surface area contributed by atoms with Crippen molar-refractivity contribution in [3.05, 3.63) is 55.0 Å². The summed E-state index contributed by atoms with van der Waals surface area (Å²) in [5, 5.41) is 16.4. The lowest BCUT2D eigenvalue weighted by Crippen LogP contribution is -2.42. The van der Waals surface area contributed by atoms with Gasteiger partial charge < -0.3 is 29.8 Å². The van der Waals surface area contributed by atoms with E-state index in [-0.39, 0.29) is 24.2 Å². The first-order valence-electron chi connectivity index (χ1n) is 13.1. The average molecular weight is 560 g/mol. The summed E-state index contributed by atoms with van der Waals surface area (Å²) in [6.45, 7) is 1.28. The Balaban J connectivity index is 1.12. The number of aliphatic hydroxyl groups is 1. The fraction of sp³-hybridized carbons (Fsp3) is 0.333. The first kappa shape index (κ1) is 25.3. The maximum Gasteiger partial charge on any atom is 0.291 e. The number of halogens is 1. The number of benzene rings is 1. The van der Waals surface area contributed by atoms with E-state index in [4.69, 9.17) is 15.2 Å². The SMILES string of the molecule is Cn1ccc(-c2cn([C@@H]3O[C@H](COc4ccc5cnc(C(=O)N6CCC6)nc5c4)[C@@H](O)[C@@H]3F)c3ncnc(N)c23)n1. The Labute approximate surface area is 232 Å². The third-order valence-corrected chi connectivity index (χ3v) is 7.50. The number of ether oxygens (including phenoxy) is 2. The molecule has 7 rings (SSSR count). The van der Waals surface area contributed by atoms with Crippen LogP contribution in [0.4, 0.5) is 10.2 Å². The van der Waals surface area contributed by atoms with E-state index in [0.717, 1.165) is 11.8 Å². The molecule has 0 saturated carbocycles. The van der Waals surface area contributed by atoms with Gasteiger partial charge in [-0.05, 0) is 24.6 Å². The Hall–Kier alpha value is -4.69. The van der Waals surface area contributed by atoms with Gasteiger partial charge in [0.25, 0.3) is 5.91 Å². The van der Waals surface area contributed by atoms with Gasteiger partial charge >= 0.3 is 0 Å². The maximum atomic E-state index is 15.5. The molecular weight excluding hydrogens is 533 g/mol. The number of amides is 1. The lowest BCUT2D eigenvalue weighted by Gasteiger charge is -2.29. The zero-order valence-electron chi connectivity index (χ0n) is 22.0. The molecule has 210 valence electrons. The van der Waals surface area contributed by atoms with Crippen molar-refractivity contribution >= 4 is 33.7 Å². The molecule has 41 heavy (non-hydrogen) atoms. The lowest BCUT2D eigenvalue weighted by atomic mass is 10.1. The van der Waals surface area contributed by atoms with Gasteiger partial charge in [-0.1, -0.05) is 0 Å². The van der Waals surface area contributed by atoms with Crippen LogP contribution in [0.15, 0.2) is 49.2 Å². The minimum absolute atomic E-state index is 0.125. The number of likely N-dealkylation sites (tertiary alicyclic amines) is 1. The summed E-state index contributed by atoms with van der Waals surface area (Å²) in [6.07, 6.45) is 1.91. The third kappa shape index (κ3) is 4.31. The van der Waals surface area contributed by atoms with E-state index < -0.39 is 24.6 Å². The smallest absolute Gasteiger partial charge is 0.291 e. The Kier molecular flexibility index (Phi) is 6.01. The predicted octanol–water partition coefficient (Wildman–Crippen LogP) is 1.88. The summed E-state index contributed by atoms with van der Waals surface area (Å²) in [6, 6.07) is 6.96. The van der Waals surface area contributed by atoms with E-state index >= 15 is 4.39 Å². The summed E-state index contributed by atoms with van der Waals surface area (Å²) in [7, 11) is 1.79. The molecule has 0 aliphatic carbocycles. The first-order valence-corrected chi connectivity index (χ1v) is 13.1. The monoisotopic (exact) mass is 559 g/mol. The molecule has 0 radical (unpaired) electrons. The van der Waals surface area contributed by atoms with Crippen LogP contribution in [-0.4, -0.2) is 88.3 Å². The number of nitrogens with two attached hydrogens (primary N) is 1. The van der Waals surface area contributed by atoms with Crippen molar-refractivity contribution in [1.82, 2.24) is 39.2 Å². The molecule has 14 heteroatoms. The first-order chi connectivity index (χ1) is 19.9. The summed E-state index contributed by atoms with van der Waals surface area (Å²) in [5.74, 6) is 0.568. The topological polar surface area (TPSA) is 159 Å². The van der Waals surface area contributed by atoms with Crippen molar-refractivity contribution in [2.75, 3.05) is 25.4 Å². The molecule has 2 aliphatic heterocycles. The second-order valence-electron chi connectivity index (χ2n) is 10.2. The van der Waals surface area contributed by atoms with Crippen LogP contribution >= 0.6 is 0 Å². The minimum atomic E-state index is -1.77. The predicted molar refractivity (Wildman–Crippen MR) is 145 cm³/mol. The van der Waals surface area contributed by atoms with Crippen LogP contribution in [0.25, 0.3) is 33.2 Å². The number of aromatic nitrogens is 7. The van der Waals surface area contributed by atoms with Crippen molar-refractivity contribution in [1.29, 1.82) is 0 Å². The highest BCUT2D eigenvalue weighted by Crippen LogP contribution is 2.39. The van der Waals surface area contributed by atoms with Gasteiger partial charge in [-0.15, -0.1) is 0 Å². The number of hydrogen-bond donors (Lipinski definition) is 2. The van der Waals surface area contributed by atoms with Crippen LogP contribution in [0.5, 0.6) is 5.75 Å². The number of nitrogen functional groups attached to an aromatic ring is 1. The molecule has 0 unspecified atom stereocenters. The molecule has 1 amide bonds. The van der Waals surface area contributed by atoms with Crippen molar-refractivity contribution in [3.8, 4) is 17.0 Å². The number of nitrogens with zero attached hydrogens (tertiary/aromatic N) is 8. The minimum Gasteiger partial charge on any atom is -0.491 e. The standard InChI is InChI=1S/C27H26FN9O4/c1-35-8-5-17(34-35)16-11-37(25-20(16)23(29)31-13-32-25)27-21(28)22(38)19(41-27)12-40-15-4-3-14-10-30-24(33-18(14)9-15)26(39)36-6-2-7-36/h3-5,8-11,13,19,21-22,27,38H,2,6-7,12H2,1H3,(H2,29,31,32)/t19-,21+,22-,27-/m1/s1. The Morgan fingerprint density at radius 2 is 2.10 bits per heavy atom. The molecule has 2 fully saturated rings. The van der Waals surface area contributed by atoms with E-state index in [1.54, 1.807) is 59.5 Å². The van der Waals surface area contributed by atoms with Gasteiger partial charge in [0.05, 0.1) is 16.6 Å². The quantitative estimate of drug-likeness (QED) is 0.314. The van der Waals surface area contributed by atoms with E-state index in [1.165, 1.54) is 10.9 Å². The molecular formula is C27H26FN9O4. The molecule has 2 saturated heterocycles. The van der Waals surface area contributed by atoms with Crippen LogP contribution in [0, 0.1) is 0 Å². The van der Waals surface area contributed by atoms with Crippen LogP contribution in [-0.2, 0) is 11.8 Å². The van der Waals surface area contributed by atoms with E-state index in [2.05, 4.69) is 25.0 Å². The lowest BCUT2D eigenvalue weighted by molar-refractivity contribution is -0.0410. The van der Waals surface area contributed by atoms with Crippen molar-refractivity contribution in [3.63, 3.8) is 0 Å². The zero-order chi connectivity index (χ0) is 28.2. The van der Waals surface area contributed by atoms with Gasteiger partial charge in [0.1, 0.15) is 42.4 Å². The summed E-state index contributed by atoms with van der Waals surface area (Å²) in [5.41, 5.74) is 8.30. The van der Waals surface area contributed by atoms with Gasteiger partial charge in [-0.3, -0.25) is 9.48 Å². The van der Waals surface area contributed by atoms with E-state index in [1.807, 2.05) is 0 Å². The van der Waals surface area contributed by atoms with Crippen LogP contribution in [0.3, 0.4) is 0 Å². The summed E-state index contributed by atoms with van der Waals surface area (Å²) >= 11 is 0. The van der Waals surface area contributed by atoms with Crippen LogP contribution < -0.4 is 10.5 Å². The largest absolute Gasteiger partial charge is 0.491 e. The number of rotatable bonds is 6. The maximum absolute atomic E-state index is 15.5. The normalized spacial score (nSPS) is 22.4. The number of anilines is 1. The Morgan fingerprint density at radius 1 is 1.24 bits per heavy atom. The molecule has 5 aromatic rings. The molecule has 0 spiro atoms. The number of aryl methyl sites for hydroxylation is 1. The molecule has 1 aromatic carbocycles. The Bertz CT molecular complexity index is 1790. The van der Waals surface area contributed by atoms with Gasteiger partial charge in [0.15, 0.2) is 12.4 Å². The molecule has 13 nitrogen and oxygen atoms in total. The van der Waals surface area contributed by atoms with E-state index in [9.17, 15) is 9.90 Å². The number of fused-ring (bicyclic) bond motifs is 2. The van der Waals surface area contributed by atoms with Crippen molar-refractivity contribution in [2.45, 2.75) is 31.0 Å². The number of aliphatic hydroxyl groups excluding tert-OH is 1. The number of carbonyl (C=O) groups excluding carboxylic acids is 1. The van der Waals surface area contributed by atoms with E-state index in [0.29, 0.717) is 46.6 Å². The van der Waals surface area contributed by atoms with Crippen LogP contribution in [0.1, 0.15) is 23.3 Å². The fourth-order valence-electron chi connectivity index (χ4n) is 5.16. The van der Waals surface area contributed by atoms with Gasteiger partial charge in [-0.25, -0.2) is 24.3 Å². The molecule has 4 atom stereocenters. The van der Waals surface area contributed by atoms with Gasteiger partial charge in [0.2, 0.25) is 5.82 Å². The molecule has 4 aromatic heterocycles. The average Bonchev–Trinajstić information content (AvgIpc) is 3.62. The zero-order valence-corrected chi connectivity index (χ0v) is 22.0. The number of carbonyl (C=O) groups is 1. The second-order valence-corrected chi connectivity index (χ2v) is 10.2. The molecule has 3 N–H and O–H groups in total. The van der Waals surface area contributed by atoms with Crippen LogP contribution in [0.2, 0.25) is 0 Å². The fourth-order valence-corrected chi connectivity index (χ4v) is 5.16. The number of alkyl halides is 1. The van der Waals surface area contributed by atoms with Crippen molar-refractivity contribution < 1.29 is 23.8 Å². The highest BCUT2D eigenvalue weighted by molar-refractivity contribution is 6.00. The van der Waals surface area contributed by atoms with Gasteiger partial charge in [0, 0.05) is 55.7 Å². The highest BCUT2D eigenvalue weighted by Gasteiger charge is 2.46. The summed E-state index contributed by atoms with van der Waals surface area (Å²) in [4.78, 5) is 31.2. The van der Waals surface area contributed by atoms with Crippen molar-refractivity contribution in [2.24, 2.45) is 7.05 Å². The third-order valence-electron chi connectivity index (χ3n) is 7.50.